The summed E-state index contributed by atoms with van der Waals surface area (Å²) in [4.78, 5) is 14.3. The van der Waals surface area contributed by atoms with Crippen molar-refractivity contribution in [3.8, 4) is 34.0 Å². The van der Waals surface area contributed by atoms with Gasteiger partial charge >= 0.3 is 0 Å². The van der Waals surface area contributed by atoms with E-state index in [2.05, 4.69) is 177 Å². The molecule has 0 spiro atoms. The standard InChI is InChI=1S/C49H41N5/c1-29-24-34(25-30(2)31(29)3)53-44-28-33(49(4,5)6)27-40(47(44)52-48(53)39-17-13-16-38-35-14-7-9-18-41(35)51-46(38)39)32-21-22-37-36-15-8-10-19-42(36)54(43(37)26-32)45-20-11-12-23-50-45/h7-28,51H,1-6H3. The van der Waals surface area contributed by atoms with Gasteiger partial charge in [0.25, 0.3) is 0 Å². The second-order valence-corrected chi connectivity index (χ2v) is 15.8. The number of aryl methyl sites for hydroxylation is 2. The number of aromatic amines is 1. The molecular weight excluding hydrogens is 659 g/mol. The van der Waals surface area contributed by atoms with E-state index in [1.165, 1.54) is 43.8 Å². The maximum atomic E-state index is 5.69. The van der Waals surface area contributed by atoms with Gasteiger partial charge in [-0.1, -0.05) is 87.5 Å². The van der Waals surface area contributed by atoms with Crippen LogP contribution in [0.4, 0.5) is 0 Å². The zero-order valence-corrected chi connectivity index (χ0v) is 31.5. The van der Waals surface area contributed by atoms with Gasteiger partial charge in [0.15, 0.2) is 0 Å². The minimum atomic E-state index is -0.110. The molecule has 6 aromatic carbocycles. The molecule has 4 aromatic heterocycles. The highest BCUT2D eigenvalue weighted by atomic mass is 15.1. The summed E-state index contributed by atoms with van der Waals surface area (Å²) >= 11 is 0. The molecule has 54 heavy (non-hydrogen) atoms. The van der Waals surface area contributed by atoms with Crippen molar-refractivity contribution in [1.29, 1.82) is 0 Å². The normalized spacial score (nSPS) is 12.3. The number of para-hydroxylation sites is 3. The van der Waals surface area contributed by atoms with E-state index in [0.29, 0.717) is 0 Å². The number of nitrogens with one attached hydrogen (secondary N) is 1. The van der Waals surface area contributed by atoms with Gasteiger partial charge in [-0.2, -0.15) is 0 Å². The highest BCUT2D eigenvalue weighted by Crippen LogP contribution is 2.42. The lowest BCUT2D eigenvalue weighted by molar-refractivity contribution is 0.591. The lowest BCUT2D eigenvalue weighted by Crippen LogP contribution is -2.11. The molecular formula is C49H41N5. The third-order valence-electron chi connectivity index (χ3n) is 11.4. The lowest BCUT2D eigenvalue weighted by Gasteiger charge is -2.21. The van der Waals surface area contributed by atoms with Gasteiger partial charge in [0, 0.05) is 50.1 Å². The van der Waals surface area contributed by atoms with E-state index in [1.807, 2.05) is 12.3 Å². The predicted octanol–water partition coefficient (Wildman–Crippen LogP) is 12.7. The van der Waals surface area contributed by atoms with Gasteiger partial charge in [0.2, 0.25) is 0 Å². The van der Waals surface area contributed by atoms with Gasteiger partial charge in [0.05, 0.1) is 27.6 Å². The smallest absolute Gasteiger partial charge is 0.147 e. The van der Waals surface area contributed by atoms with E-state index in [-0.39, 0.29) is 5.41 Å². The molecule has 0 atom stereocenters. The third-order valence-corrected chi connectivity index (χ3v) is 11.4. The van der Waals surface area contributed by atoms with Crippen LogP contribution in [0.1, 0.15) is 43.0 Å². The summed E-state index contributed by atoms with van der Waals surface area (Å²) in [6.07, 6.45) is 1.87. The van der Waals surface area contributed by atoms with Crippen molar-refractivity contribution in [2.75, 3.05) is 0 Å². The first-order valence-corrected chi connectivity index (χ1v) is 18.8. The average molecular weight is 700 g/mol. The van der Waals surface area contributed by atoms with Crippen LogP contribution >= 0.6 is 0 Å². The molecule has 4 heterocycles. The number of nitrogens with zero attached hydrogens (tertiary/aromatic N) is 4. The van der Waals surface area contributed by atoms with Gasteiger partial charge in [-0.25, -0.2) is 9.97 Å². The van der Waals surface area contributed by atoms with Crippen LogP contribution in [-0.4, -0.2) is 24.1 Å². The Balaban J connectivity index is 1.33. The summed E-state index contributed by atoms with van der Waals surface area (Å²) in [6.45, 7) is 13.5. The van der Waals surface area contributed by atoms with Crippen LogP contribution in [0.2, 0.25) is 0 Å². The van der Waals surface area contributed by atoms with Crippen molar-refractivity contribution in [2.24, 2.45) is 0 Å². The first-order chi connectivity index (χ1) is 26.2. The molecule has 0 radical (unpaired) electrons. The maximum absolute atomic E-state index is 5.69. The Labute approximate surface area is 314 Å². The van der Waals surface area contributed by atoms with Crippen LogP contribution in [0.25, 0.3) is 88.7 Å². The van der Waals surface area contributed by atoms with Gasteiger partial charge in [0.1, 0.15) is 11.6 Å². The van der Waals surface area contributed by atoms with E-state index >= 15 is 0 Å². The van der Waals surface area contributed by atoms with Crippen molar-refractivity contribution >= 4 is 54.6 Å². The fraction of sp³-hybridized carbons (Fsp3) is 0.143. The summed E-state index contributed by atoms with van der Waals surface area (Å²) in [5, 5.41) is 4.82. The van der Waals surface area contributed by atoms with Crippen LogP contribution < -0.4 is 0 Å². The summed E-state index contributed by atoms with van der Waals surface area (Å²) in [5.41, 5.74) is 16.0. The molecule has 262 valence electrons. The second-order valence-electron chi connectivity index (χ2n) is 15.8. The fourth-order valence-electron chi connectivity index (χ4n) is 8.34. The number of fused-ring (bicyclic) bond motifs is 7. The van der Waals surface area contributed by atoms with Gasteiger partial charge in [-0.05, 0) is 115 Å². The minimum Gasteiger partial charge on any atom is -0.354 e. The number of H-pyrrole nitrogens is 1. The highest BCUT2D eigenvalue weighted by molar-refractivity contribution is 6.13. The number of hydrogen-bond donors (Lipinski definition) is 1. The lowest BCUT2D eigenvalue weighted by atomic mass is 9.84. The Morgan fingerprint density at radius 2 is 1.30 bits per heavy atom. The summed E-state index contributed by atoms with van der Waals surface area (Å²) in [6, 6.07) is 46.1. The summed E-state index contributed by atoms with van der Waals surface area (Å²) in [5.74, 6) is 1.82. The SMILES string of the molecule is Cc1cc(-n2c(-c3cccc4c3[nH]c3ccccc34)nc3c(-c4ccc5c6ccccc6n(-c6ccccn6)c5c4)cc(C(C)(C)C)cc32)cc(C)c1C. The van der Waals surface area contributed by atoms with Crippen molar-refractivity contribution < 1.29 is 0 Å². The zero-order chi connectivity index (χ0) is 36.9. The topological polar surface area (TPSA) is 51.4 Å². The third kappa shape index (κ3) is 4.85. The van der Waals surface area contributed by atoms with Gasteiger partial charge in [-0.3, -0.25) is 9.13 Å². The molecule has 0 saturated heterocycles. The number of pyridine rings is 1. The van der Waals surface area contributed by atoms with E-state index in [1.54, 1.807) is 0 Å². The summed E-state index contributed by atoms with van der Waals surface area (Å²) in [7, 11) is 0. The molecule has 0 amide bonds. The Kier molecular flexibility index (Phi) is 7.02. The molecule has 0 saturated carbocycles. The minimum absolute atomic E-state index is 0.110. The van der Waals surface area contributed by atoms with Crippen LogP contribution in [0.3, 0.4) is 0 Å². The Hall–Kier alpha value is -6.46. The molecule has 0 aliphatic carbocycles. The molecule has 5 nitrogen and oxygen atoms in total. The molecule has 1 N–H and O–H groups in total. The monoisotopic (exact) mass is 699 g/mol. The van der Waals surface area contributed by atoms with Crippen molar-refractivity contribution in [3.05, 3.63) is 156 Å². The number of hydrogen-bond acceptors (Lipinski definition) is 2. The van der Waals surface area contributed by atoms with Crippen LogP contribution in [0.15, 0.2) is 134 Å². The number of imidazole rings is 1. The number of rotatable bonds is 4. The first-order valence-electron chi connectivity index (χ1n) is 18.8. The predicted molar refractivity (Wildman–Crippen MR) is 226 cm³/mol. The zero-order valence-electron chi connectivity index (χ0n) is 31.5. The van der Waals surface area contributed by atoms with E-state index in [9.17, 15) is 0 Å². The summed E-state index contributed by atoms with van der Waals surface area (Å²) < 4.78 is 4.69. The maximum Gasteiger partial charge on any atom is 0.147 e. The van der Waals surface area contributed by atoms with Crippen LogP contribution in [-0.2, 0) is 5.41 Å². The molecule has 0 aliphatic heterocycles. The average Bonchev–Trinajstić information content (AvgIpc) is 3.86. The highest BCUT2D eigenvalue weighted by Gasteiger charge is 2.25. The second kappa shape index (κ2) is 11.8. The van der Waals surface area contributed by atoms with E-state index in [4.69, 9.17) is 9.97 Å². The Bertz CT molecular complexity index is 3090. The van der Waals surface area contributed by atoms with Gasteiger partial charge < -0.3 is 4.98 Å². The molecule has 0 fully saturated rings. The van der Waals surface area contributed by atoms with E-state index < -0.39 is 0 Å². The molecule has 10 aromatic rings. The van der Waals surface area contributed by atoms with Crippen LogP contribution in [0.5, 0.6) is 0 Å². The quantitative estimate of drug-likeness (QED) is 0.199. The molecule has 0 bridgehead atoms. The van der Waals surface area contributed by atoms with Crippen LogP contribution in [0, 0.1) is 20.8 Å². The van der Waals surface area contributed by atoms with Gasteiger partial charge in [-0.15, -0.1) is 0 Å². The Morgan fingerprint density at radius 1 is 0.574 bits per heavy atom. The molecule has 0 unspecified atom stereocenters. The fourth-order valence-corrected chi connectivity index (χ4v) is 8.34. The number of benzene rings is 6. The Morgan fingerprint density at radius 3 is 2.07 bits per heavy atom. The number of aromatic nitrogens is 5. The molecule has 0 aliphatic rings. The molecule has 10 rings (SSSR count). The first kappa shape index (κ1) is 32.2. The van der Waals surface area contributed by atoms with Crippen molar-refractivity contribution in [1.82, 2.24) is 24.1 Å². The van der Waals surface area contributed by atoms with Crippen molar-refractivity contribution in [3.63, 3.8) is 0 Å². The largest absolute Gasteiger partial charge is 0.354 e. The van der Waals surface area contributed by atoms with Crippen molar-refractivity contribution in [2.45, 2.75) is 47.0 Å². The molecule has 5 heteroatoms. The van der Waals surface area contributed by atoms with E-state index in [0.717, 1.165) is 67.1 Å².